The monoisotopic (exact) mass is 392 g/mol. The second-order valence-corrected chi connectivity index (χ2v) is 7.79. The van der Waals surface area contributed by atoms with Crippen LogP contribution in [0.25, 0.3) is 22.4 Å². The van der Waals surface area contributed by atoms with Crippen molar-refractivity contribution in [2.45, 2.75) is 25.9 Å². The molecule has 4 aromatic rings. The molecule has 5 rings (SSSR count). The minimum Gasteiger partial charge on any atom is -0.344 e. The van der Waals surface area contributed by atoms with Crippen LogP contribution in [-0.2, 0) is 25.9 Å². The second-order valence-electron chi connectivity index (χ2n) is 7.36. The van der Waals surface area contributed by atoms with E-state index in [1.165, 1.54) is 22.2 Å². The minimum atomic E-state index is 0.573. The first-order valence-corrected chi connectivity index (χ1v) is 9.93. The van der Waals surface area contributed by atoms with Gasteiger partial charge in [-0.05, 0) is 42.9 Å². The Bertz CT molecular complexity index is 1130. The van der Waals surface area contributed by atoms with Gasteiger partial charge >= 0.3 is 0 Å². The molecule has 0 amide bonds. The third kappa shape index (κ3) is 3.11. The van der Waals surface area contributed by atoms with E-state index in [4.69, 9.17) is 16.1 Å². The number of halogens is 1. The highest BCUT2D eigenvalue weighted by molar-refractivity contribution is 6.31. The Morgan fingerprint density at radius 2 is 2.00 bits per heavy atom. The lowest BCUT2D eigenvalue weighted by atomic mass is 10.1. The van der Waals surface area contributed by atoms with Crippen molar-refractivity contribution in [2.24, 2.45) is 0 Å². The number of rotatable bonds is 4. The zero-order valence-electron chi connectivity index (χ0n) is 15.7. The molecule has 142 valence electrons. The number of benzene rings is 2. The summed E-state index contributed by atoms with van der Waals surface area (Å²) >= 11 is 6.29. The summed E-state index contributed by atoms with van der Waals surface area (Å²) < 4.78 is 7.87. The largest absolute Gasteiger partial charge is 0.344 e. The number of likely N-dealkylation sites (N-methyl/N-ethyl adjacent to an activating group) is 1. The van der Waals surface area contributed by atoms with E-state index in [1.807, 2.05) is 36.4 Å². The summed E-state index contributed by atoms with van der Waals surface area (Å²) in [4.78, 5) is 6.94. The average Bonchev–Trinajstić information content (AvgIpc) is 3.30. The normalized spacial score (nSPS) is 14.5. The van der Waals surface area contributed by atoms with Crippen molar-refractivity contribution < 1.29 is 4.52 Å². The number of aryl methyl sites for hydroxylation is 2. The predicted octanol–water partition coefficient (Wildman–Crippen LogP) is 4.58. The molecule has 2 aromatic carbocycles. The van der Waals surface area contributed by atoms with Crippen LogP contribution < -0.4 is 0 Å². The van der Waals surface area contributed by atoms with Gasteiger partial charge in [-0.25, -0.2) is 0 Å². The van der Waals surface area contributed by atoms with E-state index in [1.54, 1.807) is 0 Å². The summed E-state index contributed by atoms with van der Waals surface area (Å²) in [6.45, 7) is 2.85. The van der Waals surface area contributed by atoms with Crippen LogP contribution in [0.15, 0.2) is 53.1 Å². The number of fused-ring (bicyclic) bond motifs is 3. The molecule has 0 saturated heterocycles. The third-order valence-corrected chi connectivity index (χ3v) is 5.69. The van der Waals surface area contributed by atoms with Gasteiger partial charge in [0.05, 0.1) is 0 Å². The summed E-state index contributed by atoms with van der Waals surface area (Å²) in [6, 6.07) is 16.1. The summed E-state index contributed by atoms with van der Waals surface area (Å²) in [5.74, 6) is 1.31. The Balaban J connectivity index is 1.45. The van der Waals surface area contributed by atoms with Crippen molar-refractivity contribution in [3.05, 3.63) is 70.6 Å². The Labute approximate surface area is 168 Å². The van der Waals surface area contributed by atoms with Crippen LogP contribution in [0.1, 0.15) is 17.1 Å². The van der Waals surface area contributed by atoms with Gasteiger partial charge in [-0.3, -0.25) is 0 Å². The highest BCUT2D eigenvalue weighted by atomic mass is 35.5. The van der Waals surface area contributed by atoms with E-state index >= 15 is 0 Å². The minimum absolute atomic E-state index is 0.573. The van der Waals surface area contributed by atoms with Gasteiger partial charge in [0, 0.05) is 59.7 Å². The Hall–Kier alpha value is -2.63. The lowest BCUT2D eigenvalue weighted by Crippen LogP contribution is -2.27. The van der Waals surface area contributed by atoms with Crippen LogP contribution in [0, 0.1) is 0 Å². The zero-order chi connectivity index (χ0) is 19.1. The van der Waals surface area contributed by atoms with E-state index in [9.17, 15) is 0 Å². The van der Waals surface area contributed by atoms with Crippen LogP contribution in [0.5, 0.6) is 0 Å². The zero-order valence-corrected chi connectivity index (χ0v) is 16.5. The molecule has 0 radical (unpaired) electrons. The SMILES string of the molecule is CN1CCc2c(c3cc(Cl)ccc3n2CCc2noc(-c3ccccc3)n2)C1. The fraction of sp³-hybridized carbons (Fsp3) is 0.273. The molecule has 0 bridgehead atoms. The van der Waals surface area contributed by atoms with Gasteiger partial charge in [0.2, 0.25) is 0 Å². The summed E-state index contributed by atoms with van der Waals surface area (Å²) in [5.41, 5.74) is 4.98. The molecule has 6 heteroatoms. The van der Waals surface area contributed by atoms with Crippen molar-refractivity contribution in [3.8, 4) is 11.5 Å². The van der Waals surface area contributed by atoms with Crippen LogP contribution >= 0.6 is 11.6 Å². The van der Waals surface area contributed by atoms with Crippen molar-refractivity contribution in [3.63, 3.8) is 0 Å². The molecule has 2 aromatic heterocycles. The summed E-state index contributed by atoms with van der Waals surface area (Å²) in [5, 5.41) is 6.22. The Morgan fingerprint density at radius 1 is 1.14 bits per heavy atom. The first-order valence-electron chi connectivity index (χ1n) is 9.55. The number of nitrogens with zero attached hydrogens (tertiary/aromatic N) is 4. The molecule has 0 saturated carbocycles. The Morgan fingerprint density at radius 3 is 2.86 bits per heavy atom. The lowest BCUT2D eigenvalue weighted by Gasteiger charge is -2.24. The fourth-order valence-corrected chi connectivity index (χ4v) is 4.25. The van der Waals surface area contributed by atoms with E-state index < -0.39 is 0 Å². The van der Waals surface area contributed by atoms with Crippen molar-refractivity contribution in [1.29, 1.82) is 0 Å². The number of hydrogen-bond donors (Lipinski definition) is 0. The number of aromatic nitrogens is 3. The second kappa shape index (κ2) is 7.08. The van der Waals surface area contributed by atoms with Gasteiger partial charge in [-0.1, -0.05) is 35.0 Å². The topological polar surface area (TPSA) is 47.1 Å². The quantitative estimate of drug-likeness (QED) is 0.510. The first kappa shape index (κ1) is 17.5. The molecule has 5 nitrogen and oxygen atoms in total. The van der Waals surface area contributed by atoms with Gasteiger partial charge in [-0.2, -0.15) is 4.98 Å². The van der Waals surface area contributed by atoms with Crippen molar-refractivity contribution in [2.75, 3.05) is 13.6 Å². The highest BCUT2D eigenvalue weighted by Crippen LogP contribution is 2.32. The summed E-state index contributed by atoms with van der Waals surface area (Å²) in [6.07, 6.45) is 1.77. The van der Waals surface area contributed by atoms with Gasteiger partial charge in [0.15, 0.2) is 5.82 Å². The number of hydrogen-bond acceptors (Lipinski definition) is 4. The summed E-state index contributed by atoms with van der Waals surface area (Å²) in [7, 11) is 2.17. The standard InChI is InChI=1S/C22H21ClN4O/c1-26-11-9-20-18(14-26)17-13-16(23)7-8-19(17)27(20)12-10-21-24-22(28-25-21)15-5-3-2-4-6-15/h2-8,13H,9-12,14H2,1H3. The molecule has 1 aliphatic heterocycles. The molecular weight excluding hydrogens is 372 g/mol. The van der Waals surface area contributed by atoms with Crippen molar-refractivity contribution in [1.82, 2.24) is 19.6 Å². The van der Waals surface area contributed by atoms with E-state index in [2.05, 4.69) is 38.8 Å². The molecule has 28 heavy (non-hydrogen) atoms. The van der Waals surface area contributed by atoms with E-state index in [-0.39, 0.29) is 0 Å². The van der Waals surface area contributed by atoms with Gasteiger partial charge < -0.3 is 14.0 Å². The molecule has 0 fully saturated rings. The van der Waals surface area contributed by atoms with E-state index in [0.29, 0.717) is 5.89 Å². The molecule has 0 spiro atoms. The predicted molar refractivity (Wildman–Crippen MR) is 110 cm³/mol. The van der Waals surface area contributed by atoms with Crippen molar-refractivity contribution >= 4 is 22.5 Å². The van der Waals surface area contributed by atoms with Crippen LogP contribution in [0.2, 0.25) is 5.02 Å². The third-order valence-electron chi connectivity index (χ3n) is 5.45. The smallest absolute Gasteiger partial charge is 0.257 e. The van der Waals surface area contributed by atoms with Gasteiger partial charge in [0.25, 0.3) is 5.89 Å². The first-order chi connectivity index (χ1) is 13.7. The average molecular weight is 393 g/mol. The fourth-order valence-electron chi connectivity index (χ4n) is 4.08. The van der Waals surface area contributed by atoms with E-state index in [0.717, 1.165) is 48.9 Å². The highest BCUT2D eigenvalue weighted by Gasteiger charge is 2.22. The molecular formula is C22H21ClN4O. The van der Waals surface area contributed by atoms with Crippen LogP contribution in [0.4, 0.5) is 0 Å². The van der Waals surface area contributed by atoms with Gasteiger partial charge in [-0.15, -0.1) is 0 Å². The lowest BCUT2D eigenvalue weighted by molar-refractivity contribution is 0.309. The maximum absolute atomic E-state index is 6.29. The van der Waals surface area contributed by atoms with Crippen LogP contribution in [0.3, 0.4) is 0 Å². The molecule has 1 aliphatic rings. The molecule has 0 atom stereocenters. The van der Waals surface area contributed by atoms with Gasteiger partial charge in [0.1, 0.15) is 0 Å². The molecule has 0 unspecified atom stereocenters. The maximum atomic E-state index is 6.29. The van der Waals surface area contributed by atoms with Crippen LogP contribution in [-0.4, -0.2) is 33.2 Å². The Kier molecular flexibility index (Phi) is 4.41. The molecule has 0 aliphatic carbocycles. The maximum Gasteiger partial charge on any atom is 0.257 e. The molecule has 3 heterocycles. The molecule has 0 N–H and O–H groups in total.